The van der Waals surface area contributed by atoms with Gasteiger partial charge in [0, 0.05) is 9.75 Å². The van der Waals surface area contributed by atoms with E-state index >= 15 is 0 Å². The van der Waals surface area contributed by atoms with Gasteiger partial charge in [0.1, 0.15) is 0 Å². The molecule has 0 atom stereocenters. The molecule has 0 spiro atoms. The van der Waals surface area contributed by atoms with Crippen molar-refractivity contribution in [3.63, 3.8) is 0 Å². The van der Waals surface area contributed by atoms with E-state index in [1.165, 1.54) is 15.3 Å². The van der Waals surface area contributed by atoms with E-state index in [2.05, 4.69) is 19.2 Å². The Labute approximate surface area is 109 Å². The lowest BCUT2D eigenvalue weighted by atomic mass is 10.2. The zero-order valence-corrected chi connectivity index (χ0v) is 11.6. The van der Waals surface area contributed by atoms with Crippen molar-refractivity contribution >= 4 is 28.6 Å². The van der Waals surface area contributed by atoms with Gasteiger partial charge in [-0.05, 0) is 36.4 Å². The van der Waals surface area contributed by atoms with Gasteiger partial charge >= 0.3 is 0 Å². The molecule has 0 bridgehead atoms. The molecule has 2 rings (SSSR count). The van der Waals surface area contributed by atoms with E-state index in [0.717, 1.165) is 11.3 Å². The molecular weight excluding hydrogens is 250 g/mol. The molecule has 17 heavy (non-hydrogen) atoms. The number of aryl methyl sites for hydroxylation is 2. The van der Waals surface area contributed by atoms with Gasteiger partial charge in [-0.15, -0.1) is 22.7 Å². The Morgan fingerprint density at radius 2 is 2.29 bits per heavy atom. The van der Waals surface area contributed by atoms with E-state index in [-0.39, 0.29) is 5.91 Å². The number of nitrogens with one attached hydrogen (secondary N) is 1. The molecule has 0 radical (unpaired) electrons. The van der Waals surface area contributed by atoms with Gasteiger partial charge in [0.15, 0.2) is 0 Å². The molecule has 2 nitrogen and oxygen atoms in total. The summed E-state index contributed by atoms with van der Waals surface area (Å²) in [4.78, 5) is 15.2. The van der Waals surface area contributed by atoms with Crippen molar-refractivity contribution in [3.05, 3.63) is 43.8 Å². The van der Waals surface area contributed by atoms with Crippen molar-refractivity contribution in [3.8, 4) is 0 Å². The molecule has 2 aromatic rings. The Morgan fingerprint density at radius 3 is 2.88 bits per heavy atom. The SMILES string of the molecule is CCc1cc(C(=O)NCc2cccs2)sc1C. The number of carbonyl (C=O) groups is 1. The first kappa shape index (κ1) is 12.3. The van der Waals surface area contributed by atoms with E-state index in [1.54, 1.807) is 22.7 Å². The summed E-state index contributed by atoms with van der Waals surface area (Å²) in [5, 5.41) is 4.97. The molecular formula is C13H15NOS2. The Kier molecular flexibility index (Phi) is 3.97. The lowest BCUT2D eigenvalue weighted by Gasteiger charge is -2.00. The first-order valence-corrected chi connectivity index (χ1v) is 7.30. The van der Waals surface area contributed by atoms with E-state index < -0.39 is 0 Å². The maximum atomic E-state index is 11.9. The molecule has 0 unspecified atom stereocenters. The molecule has 0 fully saturated rings. The van der Waals surface area contributed by atoms with Gasteiger partial charge < -0.3 is 5.32 Å². The number of amides is 1. The van der Waals surface area contributed by atoms with Gasteiger partial charge in [-0.25, -0.2) is 0 Å². The van der Waals surface area contributed by atoms with Gasteiger partial charge in [-0.3, -0.25) is 4.79 Å². The fraction of sp³-hybridized carbons (Fsp3) is 0.308. The summed E-state index contributed by atoms with van der Waals surface area (Å²) in [7, 11) is 0. The van der Waals surface area contributed by atoms with Crippen LogP contribution in [0.25, 0.3) is 0 Å². The maximum absolute atomic E-state index is 11.9. The summed E-state index contributed by atoms with van der Waals surface area (Å²) in [6, 6.07) is 6.03. The van der Waals surface area contributed by atoms with E-state index in [1.807, 2.05) is 23.6 Å². The summed E-state index contributed by atoms with van der Waals surface area (Å²) in [6.07, 6.45) is 0.987. The number of carbonyl (C=O) groups excluding carboxylic acids is 1. The highest BCUT2D eigenvalue weighted by molar-refractivity contribution is 7.14. The van der Waals surface area contributed by atoms with Crippen LogP contribution in [0.4, 0.5) is 0 Å². The third-order valence-corrected chi connectivity index (χ3v) is 4.60. The van der Waals surface area contributed by atoms with Crippen LogP contribution in [-0.2, 0) is 13.0 Å². The Balaban J connectivity index is 1.99. The Bertz CT molecular complexity index is 499. The highest BCUT2D eigenvalue weighted by atomic mass is 32.1. The van der Waals surface area contributed by atoms with Gasteiger partial charge in [-0.1, -0.05) is 13.0 Å². The molecule has 0 saturated carbocycles. The molecule has 1 amide bonds. The highest BCUT2D eigenvalue weighted by Crippen LogP contribution is 2.22. The Morgan fingerprint density at radius 1 is 1.47 bits per heavy atom. The quantitative estimate of drug-likeness (QED) is 0.899. The minimum atomic E-state index is 0.0335. The largest absolute Gasteiger partial charge is 0.346 e. The third-order valence-electron chi connectivity index (χ3n) is 2.63. The molecule has 2 aromatic heterocycles. The van der Waals surface area contributed by atoms with Gasteiger partial charge in [-0.2, -0.15) is 0 Å². The van der Waals surface area contributed by atoms with Crippen LogP contribution in [-0.4, -0.2) is 5.91 Å². The minimum absolute atomic E-state index is 0.0335. The van der Waals surface area contributed by atoms with Crippen molar-refractivity contribution in [1.82, 2.24) is 5.32 Å². The molecule has 90 valence electrons. The molecule has 0 aliphatic heterocycles. The van der Waals surface area contributed by atoms with Gasteiger partial charge in [0.05, 0.1) is 11.4 Å². The average molecular weight is 265 g/mol. The van der Waals surface area contributed by atoms with E-state index in [0.29, 0.717) is 6.54 Å². The molecule has 4 heteroatoms. The molecule has 0 aromatic carbocycles. The van der Waals surface area contributed by atoms with Crippen LogP contribution in [0.15, 0.2) is 23.6 Å². The number of hydrogen-bond acceptors (Lipinski definition) is 3. The minimum Gasteiger partial charge on any atom is -0.346 e. The van der Waals surface area contributed by atoms with Crippen LogP contribution in [0.1, 0.15) is 31.9 Å². The number of thiophene rings is 2. The van der Waals surface area contributed by atoms with Crippen LogP contribution in [0.5, 0.6) is 0 Å². The summed E-state index contributed by atoms with van der Waals surface area (Å²) in [5.74, 6) is 0.0335. The van der Waals surface area contributed by atoms with E-state index in [4.69, 9.17) is 0 Å². The Hall–Kier alpha value is -1.13. The monoisotopic (exact) mass is 265 g/mol. The van der Waals surface area contributed by atoms with Crippen LogP contribution >= 0.6 is 22.7 Å². The van der Waals surface area contributed by atoms with E-state index in [9.17, 15) is 4.79 Å². The fourth-order valence-electron chi connectivity index (χ4n) is 1.65. The predicted molar refractivity (Wildman–Crippen MR) is 73.9 cm³/mol. The lowest BCUT2D eigenvalue weighted by Crippen LogP contribution is -2.21. The third kappa shape index (κ3) is 2.96. The summed E-state index contributed by atoms with van der Waals surface area (Å²) < 4.78 is 0. The normalized spacial score (nSPS) is 10.5. The average Bonchev–Trinajstić information content (AvgIpc) is 2.94. The van der Waals surface area contributed by atoms with Crippen molar-refractivity contribution in [2.45, 2.75) is 26.8 Å². The zero-order valence-electron chi connectivity index (χ0n) is 9.95. The van der Waals surface area contributed by atoms with Gasteiger partial charge in [0.25, 0.3) is 5.91 Å². The molecule has 0 aliphatic carbocycles. The maximum Gasteiger partial charge on any atom is 0.261 e. The summed E-state index contributed by atoms with van der Waals surface area (Å²) >= 11 is 3.24. The molecule has 2 heterocycles. The second kappa shape index (κ2) is 5.47. The molecule has 0 saturated heterocycles. The number of rotatable bonds is 4. The standard InChI is InChI=1S/C13H15NOS2/c1-3-10-7-12(17-9(10)2)13(15)14-8-11-5-4-6-16-11/h4-7H,3,8H2,1-2H3,(H,14,15). The van der Waals surface area contributed by atoms with Crippen molar-refractivity contribution in [2.75, 3.05) is 0 Å². The van der Waals surface area contributed by atoms with Gasteiger partial charge in [0.2, 0.25) is 0 Å². The molecule has 1 N–H and O–H groups in total. The van der Waals surface area contributed by atoms with Crippen LogP contribution in [0.2, 0.25) is 0 Å². The summed E-state index contributed by atoms with van der Waals surface area (Å²) in [6.45, 7) is 4.80. The predicted octanol–water partition coefficient (Wildman–Crippen LogP) is 3.61. The smallest absolute Gasteiger partial charge is 0.261 e. The van der Waals surface area contributed by atoms with Crippen LogP contribution in [0, 0.1) is 6.92 Å². The van der Waals surface area contributed by atoms with Crippen LogP contribution < -0.4 is 5.32 Å². The number of hydrogen-bond donors (Lipinski definition) is 1. The topological polar surface area (TPSA) is 29.1 Å². The fourth-order valence-corrected chi connectivity index (χ4v) is 3.33. The molecule has 0 aliphatic rings. The highest BCUT2D eigenvalue weighted by Gasteiger charge is 2.11. The van der Waals surface area contributed by atoms with Crippen LogP contribution in [0.3, 0.4) is 0 Å². The van der Waals surface area contributed by atoms with Crippen molar-refractivity contribution in [2.24, 2.45) is 0 Å². The second-order valence-electron chi connectivity index (χ2n) is 3.81. The van der Waals surface area contributed by atoms with Crippen molar-refractivity contribution in [1.29, 1.82) is 0 Å². The first-order chi connectivity index (χ1) is 8.20. The zero-order chi connectivity index (χ0) is 12.3. The first-order valence-electron chi connectivity index (χ1n) is 5.60. The summed E-state index contributed by atoms with van der Waals surface area (Å²) in [5.41, 5.74) is 1.27. The second-order valence-corrected chi connectivity index (χ2v) is 6.10. The van der Waals surface area contributed by atoms with Crippen molar-refractivity contribution < 1.29 is 4.79 Å². The lowest BCUT2D eigenvalue weighted by molar-refractivity contribution is 0.0955.